The summed E-state index contributed by atoms with van der Waals surface area (Å²) in [4.78, 5) is 32.3. The highest BCUT2D eigenvalue weighted by Crippen LogP contribution is 2.13. The van der Waals surface area contributed by atoms with Gasteiger partial charge in [0, 0.05) is 5.56 Å². The Morgan fingerprint density at radius 3 is 2.62 bits per heavy atom. The predicted octanol–water partition coefficient (Wildman–Crippen LogP) is 2.21. The van der Waals surface area contributed by atoms with Crippen molar-refractivity contribution >= 4 is 17.5 Å². The molecule has 2 amide bonds. The van der Waals surface area contributed by atoms with Gasteiger partial charge >= 0.3 is 0 Å². The van der Waals surface area contributed by atoms with Crippen molar-refractivity contribution in [3.05, 3.63) is 60.8 Å². The molecule has 150 valence electrons. The average molecular weight is 394 g/mol. The highest BCUT2D eigenvalue weighted by Gasteiger charge is 2.09. The average Bonchev–Trinajstić information content (AvgIpc) is 3.28. The van der Waals surface area contributed by atoms with Gasteiger partial charge in [-0.1, -0.05) is 13.3 Å². The van der Waals surface area contributed by atoms with Crippen LogP contribution in [0.25, 0.3) is 5.82 Å². The molecule has 2 aromatic heterocycles. The Morgan fingerprint density at radius 2 is 1.97 bits per heavy atom. The first-order valence-corrected chi connectivity index (χ1v) is 9.27. The second-order valence-corrected chi connectivity index (χ2v) is 6.20. The number of anilines is 1. The number of aromatic nitrogens is 4. The molecule has 3 aromatic rings. The van der Waals surface area contributed by atoms with Crippen LogP contribution >= 0.6 is 0 Å². The van der Waals surface area contributed by atoms with Gasteiger partial charge < -0.3 is 15.4 Å². The summed E-state index contributed by atoms with van der Waals surface area (Å²) in [5.41, 5.74) is 0.973. The molecule has 1 aromatic carbocycles. The molecule has 9 nitrogen and oxygen atoms in total. The number of hydrogen-bond donors (Lipinski definition) is 2. The van der Waals surface area contributed by atoms with E-state index in [1.165, 1.54) is 23.5 Å². The fraction of sp³-hybridized carbons (Fsp3) is 0.250. The minimum absolute atomic E-state index is 0.154. The van der Waals surface area contributed by atoms with E-state index in [4.69, 9.17) is 4.74 Å². The van der Waals surface area contributed by atoms with Gasteiger partial charge in [-0.2, -0.15) is 5.10 Å². The number of nitrogens with zero attached hydrogens (tertiary/aromatic N) is 4. The smallest absolute Gasteiger partial charge is 0.251 e. The zero-order valence-electron chi connectivity index (χ0n) is 16.0. The molecule has 0 aliphatic carbocycles. The molecule has 0 saturated heterocycles. The van der Waals surface area contributed by atoms with E-state index in [9.17, 15) is 9.59 Å². The van der Waals surface area contributed by atoms with Crippen LogP contribution < -0.4 is 15.4 Å². The molecule has 29 heavy (non-hydrogen) atoms. The van der Waals surface area contributed by atoms with Crippen molar-refractivity contribution in [3.8, 4) is 11.6 Å². The van der Waals surface area contributed by atoms with Gasteiger partial charge in [0.2, 0.25) is 5.91 Å². The number of pyridine rings is 1. The third-order valence-electron chi connectivity index (χ3n) is 3.98. The number of hydrogen-bond acceptors (Lipinski definition) is 6. The van der Waals surface area contributed by atoms with Crippen LogP contribution in [-0.4, -0.2) is 44.7 Å². The number of nitrogens with one attached hydrogen (secondary N) is 2. The molecule has 0 aliphatic heterocycles. The molecule has 2 heterocycles. The van der Waals surface area contributed by atoms with Crippen molar-refractivity contribution < 1.29 is 14.3 Å². The molecular weight excluding hydrogens is 372 g/mol. The van der Waals surface area contributed by atoms with Crippen LogP contribution in [0.5, 0.6) is 5.75 Å². The van der Waals surface area contributed by atoms with Gasteiger partial charge in [0.1, 0.15) is 18.4 Å². The molecule has 2 N–H and O–H groups in total. The summed E-state index contributed by atoms with van der Waals surface area (Å²) in [5.74, 6) is 0.610. The lowest BCUT2D eigenvalue weighted by atomic mass is 10.2. The molecule has 0 fully saturated rings. The lowest BCUT2D eigenvalue weighted by molar-refractivity contribution is -0.115. The van der Waals surface area contributed by atoms with E-state index < -0.39 is 0 Å². The first kappa shape index (κ1) is 20.0. The van der Waals surface area contributed by atoms with Crippen LogP contribution in [0.4, 0.5) is 5.69 Å². The second-order valence-electron chi connectivity index (χ2n) is 6.20. The Kier molecular flexibility index (Phi) is 6.88. The molecule has 3 rings (SSSR count). The standard InChI is InChI=1S/C20H22N6O3/c1-2-3-10-29-17-7-4-15(5-8-17)20(28)23-12-19(27)25-16-6-9-18(22-11-16)26-14-21-13-24-26/h4-9,11,13-14H,2-3,10,12H2,1H3,(H,23,28)(H,25,27). The summed E-state index contributed by atoms with van der Waals surface area (Å²) in [6, 6.07) is 10.2. The van der Waals surface area contributed by atoms with Gasteiger partial charge in [-0.15, -0.1) is 0 Å². The fourth-order valence-electron chi connectivity index (χ4n) is 2.43. The third kappa shape index (κ3) is 5.86. The number of carbonyl (C=O) groups is 2. The van der Waals surface area contributed by atoms with Crippen molar-refractivity contribution in [2.45, 2.75) is 19.8 Å². The highest BCUT2D eigenvalue weighted by atomic mass is 16.5. The summed E-state index contributed by atoms with van der Waals surface area (Å²) in [5, 5.41) is 9.25. The highest BCUT2D eigenvalue weighted by molar-refractivity contribution is 5.99. The molecular formula is C20H22N6O3. The number of rotatable bonds is 9. The number of amides is 2. The van der Waals surface area contributed by atoms with E-state index in [-0.39, 0.29) is 18.4 Å². The molecule has 0 unspecified atom stereocenters. The first-order chi connectivity index (χ1) is 14.2. The van der Waals surface area contributed by atoms with Crippen LogP contribution in [0.3, 0.4) is 0 Å². The van der Waals surface area contributed by atoms with Crippen LogP contribution in [0.2, 0.25) is 0 Å². The van der Waals surface area contributed by atoms with E-state index in [0.29, 0.717) is 23.7 Å². The normalized spacial score (nSPS) is 10.4. The van der Waals surface area contributed by atoms with E-state index >= 15 is 0 Å². The zero-order valence-corrected chi connectivity index (χ0v) is 16.0. The Balaban J connectivity index is 1.45. The maximum Gasteiger partial charge on any atom is 0.251 e. The SMILES string of the molecule is CCCCOc1ccc(C(=O)NCC(=O)Nc2ccc(-n3cncn3)nc2)cc1. The minimum atomic E-state index is -0.354. The largest absolute Gasteiger partial charge is 0.494 e. The molecule has 0 aliphatic rings. The summed E-state index contributed by atoms with van der Waals surface area (Å²) in [6.45, 7) is 2.59. The van der Waals surface area contributed by atoms with Crippen LogP contribution in [0.1, 0.15) is 30.1 Å². The molecule has 0 saturated carbocycles. The van der Waals surface area contributed by atoms with Gasteiger partial charge in [0.15, 0.2) is 5.82 Å². The molecule has 0 radical (unpaired) electrons. The lowest BCUT2D eigenvalue weighted by Crippen LogP contribution is -2.32. The van der Waals surface area contributed by atoms with Crippen molar-refractivity contribution in [2.24, 2.45) is 0 Å². The van der Waals surface area contributed by atoms with Gasteiger partial charge in [-0.05, 0) is 42.8 Å². The maximum absolute atomic E-state index is 12.2. The number of benzene rings is 1. The minimum Gasteiger partial charge on any atom is -0.494 e. The third-order valence-corrected chi connectivity index (χ3v) is 3.98. The molecule has 0 bridgehead atoms. The Morgan fingerprint density at radius 1 is 1.14 bits per heavy atom. The Bertz CT molecular complexity index is 924. The van der Waals surface area contributed by atoms with E-state index in [0.717, 1.165) is 18.6 Å². The van der Waals surface area contributed by atoms with Crippen molar-refractivity contribution in [3.63, 3.8) is 0 Å². The number of carbonyl (C=O) groups excluding carboxylic acids is 2. The van der Waals surface area contributed by atoms with Crippen molar-refractivity contribution in [1.82, 2.24) is 25.1 Å². The molecule has 9 heteroatoms. The number of unbranched alkanes of at least 4 members (excludes halogenated alkanes) is 1. The van der Waals surface area contributed by atoms with Gasteiger partial charge in [-0.3, -0.25) is 9.59 Å². The lowest BCUT2D eigenvalue weighted by Gasteiger charge is -2.08. The monoisotopic (exact) mass is 394 g/mol. The van der Waals surface area contributed by atoms with Crippen LogP contribution in [0, 0.1) is 0 Å². The summed E-state index contributed by atoms with van der Waals surface area (Å²) >= 11 is 0. The van der Waals surface area contributed by atoms with Gasteiger partial charge in [0.05, 0.1) is 25.0 Å². The van der Waals surface area contributed by atoms with Gasteiger partial charge in [0.25, 0.3) is 5.91 Å². The maximum atomic E-state index is 12.2. The zero-order chi connectivity index (χ0) is 20.5. The summed E-state index contributed by atoms with van der Waals surface area (Å²) < 4.78 is 7.07. The predicted molar refractivity (Wildman–Crippen MR) is 107 cm³/mol. The first-order valence-electron chi connectivity index (χ1n) is 9.27. The quantitative estimate of drug-likeness (QED) is 0.538. The Labute approximate surface area is 168 Å². The second kappa shape index (κ2) is 9.98. The van der Waals surface area contributed by atoms with Gasteiger partial charge in [-0.25, -0.2) is 14.6 Å². The molecule has 0 atom stereocenters. The van der Waals surface area contributed by atoms with E-state index in [1.54, 1.807) is 36.4 Å². The Hall–Kier alpha value is -3.75. The van der Waals surface area contributed by atoms with Crippen LogP contribution in [-0.2, 0) is 4.79 Å². The van der Waals surface area contributed by atoms with E-state index in [1.807, 2.05) is 0 Å². The van der Waals surface area contributed by atoms with Crippen molar-refractivity contribution in [1.29, 1.82) is 0 Å². The van der Waals surface area contributed by atoms with Crippen molar-refractivity contribution in [2.75, 3.05) is 18.5 Å². The fourth-order valence-corrected chi connectivity index (χ4v) is 2.43. The molecule has 0 spiro atoms. The number of ether oxygens (including phenoxy) is 1. The summed E-state index contributed by atoms with van der Waals surface area (Å²) in [7, 11) is 0. The topological polar surface area (TPSA) is 111 Å². The van der Waals surface area contributed by atoms with E-state index in [2.05, 4.69) is 32.6 Å². The van der Waals surface area contributed by atoms with Crippen LogP contribution in [0.15, 0.2) is 55.2 Å². The summed E-state index contributed by atoms with van der Waals surface area (Å²) in [6.07, 6.45) is 6.49.